The van der Waals surface area contributed by atoms with Gasteiger partial charge in [-0.1, -0.05) is 45.1 Å². The van der Waals surface area contributed by atoms with Crippen LogP contribution in [0.5, 0.6) is 0 Å². The zero-order chi connectivity index (χ0) is 24.7. The van der Waals surface area contributed by atoms with Crippen LogP contribution < -0.4 is 0 Å². The normalized spacial score (nSPS) is 34.1. The van der Waals surface area contributed by atoms with Crippen LogP contribution in [0.2, 0.25) is 0 Å². The third kappa shape index (κ3) is 6.54. The summed E-state index contributed by atoms with van der Waals surface area (Å²) in [7, 11) is 8.23. The van der Waals surface area contributed by atoms with E-state index in [1.807, 2.05) is 32.1 Å². The van der Waals surface area contributed by atoms with Crippen LogP contribution in [0.15, 0.2) is 35.5 Å². The van der Waals surface area contributed by atoms with Gasteiger partial charge in [-0.15, -0.1) is 0 Å². The van der Waals surface area contributed by atoms with Gasteiger partial charge in [-0.05, 0) is 30.4 Å². The Labute approximate surface area is 199 Å². The lowest BCUT2D eigenvalue weighted by molar-refractivity contribution is -0.295. The van der Waals surface area contributed by atoms with E-state index in [0.29, 0.717) is 11.8 Å². The monoisotopic (exact) mass is 468 g/mol. The van der Waals surface area contributed by atoms with Gasteiger partial charge in [0.05, 0.1) is 12.2 Å². The highest BCUT2D eigenvalue weighted by Gasteiger charge is 2.47. The highest BCUT2D eigenvalue weighted by molar-refractivity contribution is 5.35. The average molecular weight is 469 g/mol. The molecule has 0 spiro atoms. The Morgan fingerprint density at radius 3 is 2.18 bits per heavy atom. The predicted octanol–water partition coefficient (Wildman–Crippen LogP) is 3.52. The molecule has 7 nitrogen and oxygen atoms in total. The minimum absolute atomic E-state index is 0.0121. The van der Waals surface area contributed by atoms with Crippen molar-refractivity contribution in [1.29, 1.82) is 0 Å². The third-order valence-corrected chi connectivity index (χ3v) is 7.11. The molecular formula is C26H44O7. The number of hydrogen-bond donors (Lipinski definition) is 1. The highest BCUT2D eigenvalue weighted by Crippen LogP contribution is 2.42. The molecule has 0 aromatic heterocycles. The van der Waals surface area contributed by atoms with Crippen molar-refractivity contribution in [3.63, 3.8) is 0 Å². The van der Waals surface area contributed by atoms with Gasteiger partial charge in [0, 0.05) is 47.4 Å². The summed E-state index contributed by atoms with van der Waals surface area (Å²) in [5.74, 6) is 0.680. The second-order valence-electron chi connectivity index (χ2n) is 9.10. The summed E-state index contributed by atoms with van der Waals surface area (Å²) in [5.41, 5.74) is 2.09. The molecule has 0 unspecified atom stereocenters. The van der Waals surface area contributed by atoms with E-state index in [1.54, 1.807) is 35.5 Å². The second kappa shape index (κ2) is 13.1. The molecule has 0 amide bonds. The summed E-state index contributed by atoms with van der Waals surface area (Å²) in [6.45, 7) is 8.34. The number of aliphatic hydroxyl groups is 1. The quantitative estimate of drug-likeness (QED) is 0.327. The maximum Gasteiger partial charge on any atom is 0.186 e. The van der Waals surface area contributed by atoms with Crippen LogP contribution in [-0.4, -0.2) is 83.6 Å². The summed E-state index contributed by atoms with van der Waals surface area (Å²) in [4.78, 5) is 0. The Morgan fingerprint density at radius 1 is 1.03 bits per heavy atom. The lowest BCUT2D eigenvalue weighted by Crippen LogP contribution is -2.60. The molecule has 33 heavy (non-hydrogen) atoms. The maximum absolute atomic E-state index is 10.8. The summed E-state index contributed by atoms with van der Waals surface area (Å²) >= 11 is 0. The van der Waals surface area contributed by atoms with Crippen molar-refractivity contribution < 1.29 is 33.5 Å². The van der Waals surface area contributed by atoms with E-state index in [2.05, 4.69) is 19.9 Å². The number of allylic oxidation sites excluding steroid dienone is 3. The molecule has 1 N–H and O–H groups in total. The first-order valence-electron chi connectivity index (χ1n) is 11.8. The maximum atomic E-state index is 10.8. The van der Waals surface area contributed by atoms with Crippen molar-refractivity contribution in [1.82, 2.24) is 0 Å². The van der Waals surface area contributed by atoms with Crippen molar-refractivity contribution in [2.75, 3.05) is 35.5 Å². The van der Waals surface area contributed by atoms with Gasteiger partial charge in [0.1, 0.15) is 24.4 Å². The zero-order valence-corrected chi connectivity index (χ0v) is 21.7. The molecule has 0 saturated carbocycles. The Bertz CT molecular complexity index is 684. The molecule has 0 bridgehead atoms. The zero-order valence-electron chi connectivity index (χ0n) is 21.7. The van der Waals surface area contributed by atoms with Crippen LogP contribution in [0, 0.1) is 17.8 Å². The van der Waals surface area contributed by atoms with E-state index in [-0.39, 0.29) is 30.3 Å². The lowest BCUT2D eigenvalue weighted by Gasteiger charge is -2.44. The number of ether oxygens (including phenoxy) is 6. The van der Waals surface area contributed by atoms with Crippen LogP contribution in [0.4, 0.5) is 0 Å². The van der Waals surface area contributed by atoms with Gasteiger partial charge in [0.2, 0.25) is 0 Å². The first kappa shape index (κ1) is 28.2. The van der Waals surface area contributed by atoms with E-state index >= 15 is 0 Å². The lowest BCUT2D eigenvalue weighted by atomic mass is 9.90. The van der Waals surface area contributed by atoms with E-state index in [1.165, 1.54) is 0 Å². The number of methoxy groups -OCH3 is 5. The van der Waals surface area contributed by atoms with Gasteiger partial charge in [0.15, 0.2) is 6.29 Å². The molecule has 10 atom stereocenters. The highest BCUT2D eigenvalue weighted by atomic mass is 16.7. The molecule has 7 heteroatoms. The van der Waals surface area contributed by atoms with E-state index in [9.17, 15) is 5.11 Å². The smallest absolute Gasteiger partial charge is 0.186 e. The fourth-order valence-corrected chi connectivity index (χ4v) is 4.92. The molecule has 2 aliphatic rings. The second-order valence-corrected chi connectivity index (χ2v) is 9.10. The molecular weight excluding hydrogens is 424 g/mol. The number of aliphatic hydroxyl groups excluding tert-OH is 1. The summed E-state index contributed by atoms with van der Waals surface area (Å²) < 4.78 is 34.2. The molecule has 1 aliphatic carbocycles. The van der Waals surface area contributed by atoms with Gasteiger partial charge in [-0.2, -0.15) is 0 Å². The first-order chi connectivity index (χ1) is 15.8. The van der Waals surface area contributed by atoms with Crippen LogP contribution >= 0.6 is 0 Å². The van der Waals surface area contributed by atoms with Gasteiger partial charge in [-0.3, -0.25) is 0 Å². The van der Waals surface area contributed by atoms with Gasteiger partial charge < -0.3 is 33.5 Å². The molecule has 2 rings (SSSR count). The van der Waals surface area contributed by atoms with Gasteiger partial charge in [-0.25, -0.2) is 0 Å². The van der Waals surface area contributed by atoms with E-state index in [4.69, 9.17) is 28.4 Å². The Morgan fingerprint density at radius 2 is 1.67 bits per heavy atom. The molecule has 1 fully saturated rings. The topological polar surface area (TPSA) is 75.6 Å². The Kier molecular flexibility index (Phi) is 11.2. The summed E-state index contributed by atoms with van der Waals surface area (Å²) in [6.07, 6.45) is 6.85. The molecule has 1 heterocycles. The van der Waals surface area contributed by atoms with E-state index < -0.39 is 18.5 Å². The SMILES string of the molecule is CC[C@H](OC)[C@@H](C)[C@@H]1C=C1[C@@H](O)[C@H](C)/C=C/C=C(\C)[C@@H]1O[C@H](OC)[C@H](OC)[C@@H](OC)[C@@H]1OC. The Balaban J connectivity index is 2.02. The molecule has 1 saturated heterocycles. The number of hydrogen-bond acceptors (Lipinski definition) is 7. The minimum atomic E-state index is -0.566. The first-order valence-corrected chi connectivity index (χ1v) is 11.8. The van der Waals surface area contributed by atoms with Crippen LogP contribution in [-0.2, 0) is 28.4 Å². The van der Waals surface area contributed by atoms with E-state index in [0.717, 1.165) is 17.6 Å². The third-order valence-electron chi connectivity index (χ3n) is 7.11. The molecule has 190 valence electrons. The van der Waals surface area contributed by atoms with Crippen molar-refractivity contribution in [2.24, 2.45) is 17.8 Å². The fourth-order valence-electron chi connectivity index (χ4n) is 4.92. The molecule has 0 radical (unpaired) electrons. The van der Waals surface area contributed by atoms with Crippen molar-refractivity contribution in [3.8, 4) is 0 Å². The van der Waals surface area contributed by atoms with Crippen LogP contribution in [0.3, 0.4) is 0 Å². The van der Waals surface area contributed by atoms with Gasteiger partial charge in [0.25, 0.3) is 0 Å². The Hall–Kier alpha value is -1.06. The summed E-state index contributed by atoms with van der Waals surface area (Å²) in [6, 6.07) is 0. The molecule has 0 aromatic carbocycles. The van der Waals surface area contributed by atoms with Crippen molar-refractivity contribution in [3.05, 3.63) is 35.5 Å². The summed E-state index contributed by atoms with van der Waals surface area (Å²) in [5, 5.41) is 10.8. The van der Waals surface area contributed by atoms with Crippen LogP contribution in [0.1, 0.15) is 34.1 Å². The standard InChI is InChI=1S/C26H44O7/c1-10-20(28-5)17(4)18-14-19(18)21(27)15(2)12-11-13-16(3)22-23(29-6)24(30-7)25(31-8)26(32-9)33-22/h11-15,17-18,20-27H,10H2,1-9H3/b12-11+,16-13+/t15-,17+,18+,20+,21+,22+,23-,24+,25-,26+/m1/s1. The average Bonchev–Trinajstić information content (AvgIpc) is 3.63. The van der Waals surface area contributed by atoms with Crippen molar-refractivity contribution >= 4 is 0 Å². The molecule has 1 aliphatic heterocycles. The van der Waals surface area contributed by atoms with Crippen molar-refractivity contribution in [2.45, 2.75) is 77.0 Å². The molecule has 0 aromatic rings. The fraction of sp³-hybridized carbons (Fsp3) is 0.769. The largest absolute Gasteiger partial charge is 0.388 e. The predicted molar refractivity (Wildman–Crippen MR) is 128 cm³/mol. The van der Waals surface area contributed by atoms with Gasteiger partial charge >= 0.3 is 0 Å². The van der Waals surface area contributed by atoms with Crippen LogP contribution in [0.25, 0.3) is 0 Å². The minimum Gasteiger partial charge on any atom is -0.388 e. The number of rotatable bonds is 13.